The molecule has 0 bridgehead atoms. The smallest absolute Gasteiger partial charge is 0.237 e. The molecule has 24 heavy (non-hydrogen) atoms. The molecule has 1 aromatic carbocycles. The summed E-state index contributed by atoms with van der Waals surface area (Å²) >= 11 is 0. The molecule has 1 aromatic rings. The minimum atomic E-state index is -0.698. The highest BCUT2D eigenvalue weighted by Gasteiger charge is 2.34. The van der Waals surface area contributed by atoms with Gasteiger partial charge in [-0.3, -0.25) is 9.69 Å². The molecule has 0 spiro atoms. The number of aliphatic hydroxyl groups is 1. The van der Waals surface area contributed by atoms with E-state index in [-0.39, 0.29) is 5.91 Å². The molecule has 0 radical (unpaired) electrons. The first-order chi connectivity index (χ1) is 11.6. The number of amides is 1. The Morgan fingerprint density at radius 1 is 1.29 bits per heavy atom. The Bertz CT molecular complexity index is 555. The molecule has 132 valence electrons. The van der Waals surface area contributed by atoms with Crippen molar-refractivity contribution in [2.75, 3.05) is 46.4 Å². The Labute approximate surface area is 143 Å². The molecule has 0 aromatic heterocycles. The molecule has 0 saturated carbocycles. The molecule has 6 heteroatoms. The van der Waals surface area contributed by atoms with Gasteiger partial charge in [-0.25, -0.2) is 0 Å². The molecular weight excluding hydrogens is 306 g/mol. The van der Waals surface area contributed by atoms with Crippen LogP contribution in [0.15, 0.2) is 24.3 Å². The Kier molecular flexibility index (Phi) is 5.38. The third-order valence-corrected chi connectivity index (χ3v) is 4.90. The number of nitrogens with zero attached hydrogens (tertiary/aromatic N) is 2. The fraction of sp³-hybridized carbons (Fsp3) is 0.611. The van der Waals surface area contributed by atoms with Gasteiger partial charge < -0.3 is 20.1 Å². The summed E-state index contributed by atoms with van der Waals surface area (Å²) < 4.78 is 5.16. The largest absolute Gasteiger partial charge is 0.497 e. The van der Waals surface area contributed by atoms with E-state index in [1.54, 1.807) is 7.11 Å². The van der Waals surface area contributed by atoms with Crippen molar-refractivity contribution >= 4 is 5.91 Å². The molecule has 2 N–H and O–H groups in total. The van der Waals surface area contributed by atoms with E-state index in [1.165, 1.54) is 0 Å². The van der Waals surface area contributed by atoms with Crippen LogP contribution in [0.25, 0.3) is 0 Å². The fourth-order valence-electron chi connectivity index (χ4n) is 3.51. The highest BCUT2D eigenvalue weighted by atomic mass is 16.5. The maximum atomic E-state index is 12.4. The van der Waals surface area contributed by atoms with Crippen molar-refractivity contribution in [1.82, 2.24) is 15.1 Å². The number of carbonyl (C=O) groups excluding carboxylic acids is 1. The number of carbonyl (C=O) groups is 1. The Balaban J connectivity index is 1.52. The molecule has 1 atom stereocenters. The number of piperazine rings is 1. The summed E-state index contributed by atoms with van der Waals surface area (Å²) in [6.45, 7) is 4.69. The minimum Gasteiger partial charge on any atom is -0.497 e. The van der Waals surface area contributed by atoms with Crippen LogP contribution in [0, 0.1) is 0 Å². The zero-order valence-electron chi connectivity index (χ0n) is 14.3. The maximum Gasteiger partial charge on any atom is 0.237 e. The van der Waals surface area contributed by atoms with Crippen LogP contribution in [-0.4, -0.2) is 72.8 Å². The molecule has 1 amide bonds. The quantitative estimate of drug-likeness (QED) is 0.819. The van der Waals surface area contributed by atoms with Crippen molar-refractivity contribution in [2.24, 2.45) is 0 Å². The summed E-state index contributed by atoms with van der Waals surface area (Å²) in [7, 11) is 1.65. The number of nitrogens with one attached hydrogen (secondary N) is 1. The second-order valence-corrected chi connectivity index (χ2v) is 6.88. The molecule has 6 nitrogen and oxygen atoms in total. The predicted molar refractivity (Wildman–Crippen MR) is 91.9 cm³/mol. The average Bonchev–Trinajstić information content (AvgIpc) is 2.58. The highest BCUT2D eigenvalue weighted by molar-refractivity contribution is 5.79. The first kappa shape index (κ1) is 17.2. The number of ether oxygens (including phenoxy) is 1. The molecule has 2 aliphatic heterocycles. The maximum absolute atomic E-state index is 12.4. The molecule has 2 fully saturated rings. The zero-order valence-corrected chi connectivity index (χ0v) is 14.3. The number of hydrogen-bond donors (Lipinski definition) is 2. The van der Waals surface area contributed by atoms with E-state index < -0.39 is 5.60 Å². The number of rotatable bonds is 5. The first-order valence-electron chi connectivity index (χ1n) is 8.64. The van der Waals surface area contributed by atoms with Crippen molar-refractivity contribution in [3.63, 3.8) is 0 Å². The molecule has 2 heterocycles. The van der Waals surface area contributed by atoms with Gasteiger partial charge in [0.15, 0.2) is 0 Å². The summed E-state index contributed by atoms with van der Waals surface area (Å²) in [5.41, 5.74) is 0.407. The zero-order chi connectivity index (χ0) is 17.0. The lowest BCUT2D eigenvalue weighted by atomic mass is 9.93. The lowest BCUT2D eigenvalue weighted by molar-refractivity contribution is -0.138. The van der Waals surface area contributed by atoms with Gasteiger partial charge in [0.25, 0.3) is 0 Å². The Morgan fingerprint density at radius 2 is 2.08 bits per heavy atom. The van der Waals surface area contributed by atoms with Crippen molar-refractivity contribution < 1.29 is 14.6 Å². The van der Waals surface area contributed by atoms with Crippen molar-refractivity contribution in [3.05, 3.63) is 29.8 Å². The fourth-order valence-corrected chi connectivity index (χ4v) is 3.51. The second kappa shape index (κ2) is 7.51. The van der Waals surface area contributed by atoms with Gasteiger partial charge >= 0.3 is 0 Å². The van der Waals surface area contributed by atoms with Crippen LogP contribution in [0.1, 0.15) is 18.4 Å². The van der Waals surface area contributed by atoms with E-state index >= 15 is 0 Å². The van der Waals surface area contributed by atoms with Crippen LogP contribution in [0.5, 0.6) is 5.75 Å². The Hall–Kier alpha value is -1.63. The van der Waals surface area contributed by atoms with Crippen LogP contribution in [0.4, 0.5) is 0 Å². The Morgan fingerprint density at radius 3 is 2.71 bits per heavy atom. The lowest BCUT2D eigenvalue weighted by Gasteiger charge is -2.40. The van der Waals surface area contributed by atoms with Crippen LogP contribution >= 0.6 is 0 Å². The van der Waals surface area contributed by atoms with Crippen LogP contribution in [-0.2, 0) is 11.3 Å². The molecular formula is C18H27N3O3. The third kappa shape index (κ3) is 4.26. The SMILES string of the molecule is COc1ccc(CN2CCN(C[C@]3(O)CCCNC3)CC2=O)cc1. The van der Waals surface area contributed by atoms with Gasteiger partial charge in [0, 0.05) is 32.7 Å². The van der Waals surface area contributed by atoms with Crippen molar-refractivity contribution in [3.8, 4) is 5.75 Å². The number of methoxy groups -OCH3 is 1. The number of hydrogen-bond acceptors (Lipinski definition) is 5. The summed E-state index contributed by atoms with van der Waals surface area (Å²) in [5.74, 6) is 0.952. The van der Waals surface area contributed by atoms with E-state index in [2.05, 4.69) is 10.2 Å². The van der Waals surface area contributed by atoms with Crippen LogP contribution < -0.4 is 10.1 Å². The summed E-state index contributed by atoms with van der Waals surface area (Å²) in [6, 6.07) is 7.83. The van der Waals surface area contributed by atoms with E-state index in [0.29, 0.717) is 32.7 Å². The van der Waals surface area contributed by atoms with E-state index in [0.717, 1.165) is 37.2 Å². The van der Waals surface area contributed by atoms with Gasteiger partial charge in [-0.2, -0.15) is 0 Å². The van der Waals surface area contributed by atoms with E-state index in [4.69, 9.17) is 4.74 Å². The second-order valence-electron chi connectivity index (χ2n) is 6.88. The lowest BCUT2D eigenvalue weighted by Crippen LogP contribution is -2.57. The van der Waals surface area contributed by atoms with Gasteiger partial charge in [-0.15, -0.1) is 0 Å². The average molecular weight is 333 g/mol. The van der Waals surface area contributed by atoms with Crippen molar-refractivity contribution in [2.45, 2.75) is 25.0 Å². The molecule has 2 saturated heterocycles. The highest BCUT2D eigenvalue weighted by Crippen LogP contribution is 2.19. The normalized spacial score (nSPS) is 25.8. The minimum absolute atomic E-state index is 0.129. The van der Waals surface area contributed by atoms with Crippen LogP contribution in [0.3, 0.4) is 0 Å². The standard InChI is InChI=1S/C18H27N3O3/c1-24-16-5-3-15(4-6-16)11-21-10-9-20(12-17(21)22)14-18(23)7-2-8-19-13-18/h3-6,19,23H,2,7-14H2,1H3/t18-/m0/s1. The molecule has 2 aliphatic rings. The number of piperidine rings is 1. The molecule has 3 rings (SSSR count). The van der Waals surface area contributed by atoms with Gasteiger partial charge in [0.2, 0.25) is 5.91 Å². The molecule has 0 unspecified atom stereocenters. The first-order valence-corrected chi connectivity index (χ1v) is 8.64. The topological polar surface area (TPSA) is 65.0 Å². The monoisotopic (exact) mass is 333 g/mol. The van der Waals surface area contributed by atoms with Gasteiger partial charge in [0.05, 0.1) is 19.3 Å². The number of β-amino-alcohol motifs (C(OH)–C–C–N with tert-alkyl or cyclic N) is 1. The van der Waals surface area contributed by atoms with Crippen LogP contribution in [0.2, 0.25) is 0 Å². The van der Waals surface area contributed by atoms with Gasteiger partial charge in [-0.05, 0) is 37.1 Å². The summed E-state index contributed by atoms with van der Waals surface area (Å²) in [4.78, 5) is 16.4. The van der Waals surface area contributed by atoms with E-state index in [9.17, 15) is 9.90 Å². The van der Waals surface area contributed by atoms with Crippen molar-refractivity contribution in [1.29, 1.82) is 0 Å². The molecule has 0 aliphatic carbocycles. The summed E-state index contributed by atoms with van der Waals surface area (Å²) in [6.07, 6.45) is 1.79. The van der Waals surface area contributed by atoms with E-state index in [1.807, 2.05) is 29.2 Å². The van der Waals surface area contributed by atoms with Gasteiger partial charge in [-0.1, -0.05) is 12.1 Å². The number of benzene rings is 1. The summed E-state index contributed by atoms with van der Waals surface area (Å²) in [5, 5.41) is 13.9. The third-order valence-electron chi connectivity index (χ3n) is 4.90. The predicted octanol–water partition coefficient (Wildman–Crippen LogP) is 0.454. The van der Waals surface area contributed by atoms with Gasteiger partial charge in [0.1, 0.15) is 5.75 Å².